The molecule has 0 bridgehead atoms. The van der Waals surface area contributed by atoms with E-state index in [-0.39, 0.29) is 21.5 Å². The molecule has 0 unspecified atom stereocenters. The van der Waals surface area contributed by atoms with Gasteiger partial charge in [0.05, 0.1) is 46.3 Å². The molecule has 1 aliphatic rings. The molecule has 15 heteroatoms. The Kier molecular flexibility index (Phi) is 8.18. The molecule has 10 nitrogen and oxygen atoms in total. The molecule has 0 spiro atoms. The lowest BCUT2D eigenvalue weighted by atomic mass is 10.1. The number of hydrogen-bond acceptors (Lipinski definition) is 9. The number of aromatic nitrogens is 1. The van der Waals surface area contributed by atoms with Crippen LogP contribution in [0.2, 0.25) is 5.02 Å². The summed E-state index contributed by atoms with van der Waals surface area (Å²) in [5, 5.41) is 3.18. The van der Waals surface area contributed by atoms with E-state index >= 15 is 0 Å². The lowest BCUT2D eigenvalue weighted by Crippen LogP contribution is -2.37. The number of anilines is 2. The highest BCUT2D eigenvalue weighted by molar-refractivity contribution is 7.91. The van der Waals surface area contributed by atoms with Crippen molar-refractivity contribution < 1.29 is 35.0 Å². The number of fused-ring (bicyclic) bond motifs is 1. The Morgan fingerprint density at radius 3 is 2.63 bits per heavy atom. The Bertz CT molecular complexity index is 1620. The van der Waals surface area contributed by atoms with Gasteiger partial charge >= 0.3 is 0 Å². The Balaban J connectivity index is 1.41. The van der Waals surface area contributed by atoms with E-state index in [1.54, 1.807) is 29.2 Å². The minimum absolute atomic E-state index is 0.0591. The number of nitrogens with zero attached hydrogens (tertiary/aromatic N) is 2. The summed E-state index contributed by atoms with van der Waals surface area (Å²) in [7, 11) is -7.83. The van der Waals surface area contributed by atoms with Crippen molar-refractivity contribution in [2.45, 2.75) is 17.7 Å². The van der Waals surface area contributed by atoms with Gasteiger partial charge in [-0.2, -0.15) is 8.42 Å². The van der Waals surface area contributed by atoms with Crippen LogP contribution in [-0.2, 0) is 41.8 Å². The number of carbonyl (C=O) groups excluding carboxylic acids is 2. The monoisotopic (exact) mass is 601 g/mol. The molecule has 2 amide bonds. The highest BCUT2D eigenvalue weighted by Gasteiger charge is 2.30. The van der Waals surface area contributed by atoms with Crippen molar-refractivity contribution in [2.24, 2.45) is 0 Å². The summed E-state index contributed by atoms with van der Waals surface area (Å²) >= 11 is 7.23. The zero-order valence-corrected chi connectivity index (χ0v) is 23.0. The summed E-state index contributed by atoms with van der Waals surface area (Å²) in [6.45, 7) is -0.239. The highest BCUT2D eigenvalue weighted by Crippen LogP contribution is 2.33. The Morgan fingerprint density at radius 2 is 1.95 bits per heavy atom. The first-order valence-electron chi connectivity index (χ1n) is 11.1. The number of benzene rings is 2. The Hall–Kier alpha value is -2.91. The van der Waals surface area contributed by atoms with Crippen molar-refractivity contribution in [3.8, 4) is 0 Å². The molecular formula is C23H21ClFN3O7S3. The third-order valence-corrected chi connectivity index (χ3v) is 9.07. The fourth-order valence-electron chi connectivity index (χ4n) is 3.70. The maximum atomic E-state index is 14.6. The third kappa shape index (κ3) is 6.56. The molecular weight excluding hydrogens is 581 g/mol. The number of nitrogens with one attached hydrogen (secondary N) is 1. The van der Waals surface area contributed by atoms with Gasteiger partial charge in [0, 0.05) is 13.0 Å². The summed E-state index contributed by atoms with van der Waals surface area (Å²) in [6.07, 6.45) is 0.832. The van der Waals surface area contributed by atoms with Gasteiger partial charge in [-0.1, -0.05) is 41.1 Å². The van der Waals surface area contributed by atoms with Crippen LogP contribution in [-0.4, -0.2) is 58.8 Å². The number of thiazole rings is 1. The van der Waals surface area contributed by atoms with E-state index < -0.39 is 50.5 Å². The zero-order chi connectivity index (χ0) is 27.7. The predicted molar refractivity (Wildman–Crippen MR) is 141 cm³/mol. The maximum absolute atomic E-state index is 14.6. The van der Waals surface area contributed by atoms with Crippen LogP contribution in [0.25, 0.3) is 0 Å². The van der Waals surface area contributed by atoms with E-state index in [0.717, 1.165) is 35.8 Å². The average molecular weight is 602 g/mol. The molecule has 38 heavy (non-hydrogen) atoms. The van der Waals surface area contributed by atoms with Crippen molar-refractivity contribution in [3.05, 3.63) is 69.4 Å². The number of carbonyl (C=O) groups is 2. The molecule has 2 aromatic carbocycles. The molecule has 1 aliphatic heterocycles. The number of para-hydroxylation sites is 1. The van der Waals surface area contributed by atoms with Crippen molar-refractivity contribution in [2.75, 3.05) is 35.4 Å². The second-order valence-electron chi connectivity index (χ2n) is 8.28. The van der Waals surface area contributed by atoms with Gasteiger partial charge in [0.1, 0.15) is 10.7 Å². The second-order valence-corrected chi connectivity index (χ2v) is 13.4. The minimum atomic E-state index is -4.02. The van der Waals surface area contributed by atoms with Crippen LogP contribution in [0.5, 0.6) is 0 Å². The molecule has 202 valence electrons. The number of amides is 2. The van der Waals surface area contributed by atoms with E-state index in [0.29, 0.717) is 34.2 Å². The van der Waals surface area contributed by atoms with Gasteiger partial charge < -0.3 is 10.2 Å². The minimum Gasteiger partial charge on any atom is -0.306 e. The number of rotatable bonds is 9. The van der Waals surface area contributed by atoms with Crippen LogP contribution in [0.15, 0.2) is 47.4 Å². The second kappa shape index (κ2) is 11.1. The normalized spacial score (nSPS) is 13.9. The summed E-state index contributed by atoms with van der Waals surface area (Å²) in [6, 6.07) is 10.0. The van der Waals surface area contributed by atoms with E-state index in [2.05, 4.69) is 14.5 Å². The lowest BCUT2D eigenvalue weighted by Gasteiger charge is -2.26. The fraction of sp³-hybridized carbons (Fsp3) is 0.261. The van der Waals surface area contributed by atoms with E-state index in [4.69, 9.17) is 11.6 Å². The molecule has 0 fully saturated rings. The largest absolute Gasteiger partial charge is 0.306 e. The molecule has 0 radical (unpaired) electrons. The molecule has 0 aliphatic carbocycles. The fourth-order valence-corrected chi connectivity index (χ4v) is 6.50. The predicted octanol–water partition coefficient (Wildman–Crippen LogP) is 3.07. The summed E-state index contributed by atoms with van der Waals surface area (Å²) < 4.78 is 65.7. The average Bonchev–Trinajstić information content (AvgIpc) is 3.23. The smallest absolute Gasteiger partial charge is 0.270 e. The first kappa shape index (κ1) is 28.1. The number of sulfone groups is 1. The molecule has 2 heterocycles. The van der Waals surface area contributed by atoms with Crippen molar-refractivity contribution in [1.82, 2.24) is 4.98 Å². The Morgan fingerprint density at radius 1 is 1.21 bits per heavy atom. The van der Waals surface area contributed by atoms with Gasteiger partial charge in [0.2, 0.25) is 5.91 Å². The van der Waals surface area contributed by atoms with E-state index in [1.165, 1.54) is 0 Å². The van der Waals surface area contributed by atoms with Crippen molar-refractivity contribution in [1.29, 1.82) is 0 Å². The van der Waals surface area contributed by atoms with Gasteiger partial charge in [0.15, 0.2) is 15.0 Å². The molecule has 3 aromatic rings. The molecule has 0 saturated carbocycles. The maximum Gasteiger partial charge on any atom is 0.270 e. The van der Waals surface area contributed by atoms with Gasteiger partial charge in [-0.25, -0.2) is 17.8 Å². The van der Waals surface area contributed by atoms with Gasteiger partial charge in [-0.15, -0.1) is 0 Å². The van der Waals surface area contributed by atoms with E-state index in [1.807, 2.05) is 0 Å². The third-order valence-electron chi connectivity index (χ3n) is 5.48. The summed E-state index contributed by atoms with van der Waals surface area (Å²) in [4.78, 5) is 31.5. The SMILES string of the molecule is CS(=O)(=O)OCCS(=O)(=O)c1ccc(CC(=O)Nc2nc3c(s2)C(=O)N(c2ccccc2Cl)CC3)c(F)c1. The topological polar surface area (TPSA) is 140 Å². The van der Waals surface area contributed by atoms with Crippen LogP contribution in [0, 0.1) is 5.82 Å². The van der Waals surface area contributed by atoms with Crippen LogP contribution < -0.4 is 10.2 Å². The van der Waals surface area contributed by atoms with Gasteiger partial charge in [0.25, 0.3) is 16.0 Å². The molecule has 0 saturated heterocycles. The summed E-state index contributed by atoms with van der Waals surface area (Å²) in [5.74, 6) is -2.49. The highest BCUT2D eigenvalue weighted by atomic mass is 35.5. The zero-order valence-electron chi connectivity index (χ0n) is 19.8. The summed E-state index contributed by atoms with van der Waals surface area (Å²) in [5.41, 5.74) is 1.06. The van der Waals surface area contributed by atoms with Crippen molar-refractivity contribution >= 4 is 65.5 Å². The quantitative estimate of drug-likeness (QED) is 0.369. The number of hydrogen-bond donors (Lipinski definition) is 1. The van der Waals surface area contributed by atoms with Gasteiger partial charge in [-0.3, -0.25) is 13.8 Å². The molecule has 1 aromatic heterocycles. The molecule has 4 rings (SSSR count). The molecule has 0 atom stereocenters. The van der Waals surface area contributed by atoms with Crippen LogP contribution in [0.4, 0.5) is 15.2 Å². The number of halogens is 2. The molecule has 1 N–H and O–H groups in total. The standard InChI is InChI=1S/C23H21ClFN3O7S3/c1-37(31,32)35-10-11-38(33,34)15-7-6-14(17(25)13-15)12-20(29)27-23-26-18-8-9-28(22(30)21(18)36-23)19-5-3-2-4-16(19)24/h2-7,13H,8-12H2,1H3,(H,26,27,29). The van der Waals surface area contributed by atoms with Crippen LogP contribution in [0.3, 0.4) is 0 Å². The van der Waals surface area contributed by atoms with E-state index in [9.17, 15) is 30.8 Å². The lowest BCUT2D eigenvalue weighted by molar-refractivity contribution is -0.115. The Labute approximate surface area is 227 Å². The van der Waals surface area contributed by atoms with Crippen molar-refractivity contribution in [3.63, 3.8) is 0 Å². The first-order chi connectivity index (χ1) is 17.8. The first-order valence-corrected chi connectivity index (χ1v) is 15.7. The van der Waals surface area contributed by atoms with Gasteiger partial charge in [-0.05, 0) is 29.8 Å². The van der Waals surface area contributed by atoms with Crippen LogP contribution >= 0.6 is 22.9 Å². The van der Waals surface area contributed by atoms with Crippen LogP contribution in [0.1, 0.15) is 20.9 Å².